The number of amides is 1. The molecule has 0 aliphatic carbocycles. The van der Waals surface area contributed by atoms with Gasteiger partial charge in [0, 0.05) is 0 Å². The van der Waals surface area contributed by atoms with Crippen LogP contribution in [0.2, 0.25) is 0 Å². The zero-order valence-electron chi connectivity index (χ0n) is 6.32. The molecule has 5 heteroatoms. The zero-order chi connectivity index (χ0) is 8.27. The van der Waals surface area contributed by atoms with E-state index in [-0.39, 0.29) is 12.5 Å². The van der Waals surface area contributed by atoms with E-state index in [1.54, 1.807) is 17.1 Å². The smallest absolute Gasteiger partial charge is 0.276 e. The van der Waals surface area contributed by atoms with E-state index in [1.807, 2.05) is 17.8 Å². The van der Waals surface area contributed by atoms with E-state index in [1.165, 1.54) is 0 Å². The summed E-state index contributed by atoms with van der Waals surface area (Å²) in [7, 11) is 1.89. The lowest BCUT2D eigenvalue weighted by Crippen LogP contribution is -2.33. The molecule has 1 aromatic rings. The van der Waals surface area contributed by atoms with Gasteiger partial charge in [-0.2, -0.15) is 0 Å². The summed E-state index contributed by atoms with van der Waals surface area (Å²) in [6.07, 6.45) is 5.45. The summed E-state index contributed by atoms with van der Waals surface area (Å²) in [6.45, 7) is 0.261. The number of hydrogen-bond donors (Lipinski definition) is 2. The largest absolute Gasteiger partial charge is 0.291 e. The van der Waals surface area contributed by atoms with Gasteiger partial charge in [-0.3, -0.25) is 10.2 Å². The Morgan fingerprint density at radius 2 is 2.55 bits per heavy atom. The van der Waals surface area contributed by atoms with Crippen molar-refractivity contribution in [2.45, 2.75) is 6.54 Å². The standard InChI is InChI=1S/C6H10N4O/c1-9-2-3-10(5-9)4-6(11)8-7/h2-3,5H,4,7H2,1H3/p+1. The van der Waals surface area contributed by atoms with Crippen LogP contribution in [0, 0.1) is 0 Å². The number of carbonyl (C=O) groups is 1. The fourth-order valence-electron chi connectivity index (χ4n) is 0.807. The monoisotopic (exact) mass is 155 g/mol. The normalized spacial score (nSPS) is 9.64. The molecule has 0 unspecified atom stereocenters. The predicted octanol–water partition coefficient (Wildman–Crippen LogP) is -1.70. The molecule has 0 saturated carbocycles. The number of nitrogens with one attached hydrogen (secondary N) is 1. The van der Waals surface area contributed by atoms with Crippen molar-refractivity contribution in [3.8, 4) is 0 Å². The topological polar surface area (TPSA) is 63.9 Å². The molecule has 0 bridgehead atoms. The first kappa shape index (κ1) is 7.74. The maximum absolute atomic E-state index is 10.7. The number of carbonyl (C=O) groups excluding carboxylic acids is 1. The van der Waals surface area contributed by atoms with Crippen molar-refractivity contribution in [1.29, 1.82) is 0 Å². The van der Waals surface area contributed by atoms with Gasteiger partial charge in [0.05, 0.1) is 7.05 Å². The molecular formula is C6H11N4O+. The van der Waals surface area contributed by atoms with E-state index in [9.17, 15) is 4.79 Å². The van der Waals surface area contributed by atoms with Crippen molar-refractivity contribution in [2.75, 3.05) is 0 Å². The molecule has 0 fully saturated rings. The summed E-state index contributed by atoms with van der Waals surface area (Å²) < 4.78 is 3.59. The molecule has 1 amide bonds. The second-order valence-electron chi connectivity index (χ2n) is 2.32. The van der Waals surface area contributed by atoms with Crippen LogP contribution < -0.4 is 15.8 Å². The van der Waals surface area contributed by atoms with Crippen LogP contribution in [-0.4, -0.2) is 10.5 Å². The number of aromatic nitrogens is 2. The number of nitrogens with two attached hydrogens (primary N) is 1. The van der Waals surface area contributed by atoms with E-state index in [0.717, 1.165) is 0 Å². The van der Waals surface area contributed by atoms with Crippen LogP contribution in [0.1, 0.15) is 0 Å². The van der Waals surface area contributed by atoms with Crippen molar-refractivity contribution < 1.29 is 9.36 Å². The van der Waals surface area contributed by atoms with Gasteiger partial charge in [-0.15, -0.1) is 0 Å². The zero-order valence-corrected chi connectivity index (χ0v) is 6.32. The lowest BCUT2D eigenvalue weighted by atomic mass is 10.6. The third-order valence-electron chi connectivity index (χ3n) is 1.31. The Morgan fingerprint density at radius 3 is 3.00 bits per heavy atom. The lowest BCUT2D eigenvalue weighted by Gasteiger charge is -1.93. The van der Waals surface area contributed by atoms with Crippen LogP contribution in [0.5, 0.6) is 0 Å². The van der Waals surface area contributed by atoms with E-state index in [4.69, 9.17) is 5.84 Å². The summed E-state index contributed by atoms with van der Waals surface area (Å²) in [4.78, 5) is 10.7. The summed E-state index contributed by atoms with van der Waals surface area (Å²) in [6, 6.07) is 0. The molecule has 0 atom stereocenters. The molecule has 0 aliphatic rings. The number of hydrogen-bond acceptors (Lipinski definition) is 2. The van der Waals surface area contributed by atoms with Gasteiger partial charge in [0.1, 0.15) is 12.4 Å². The predicted molar refractivity (Wildman–Crippen MR) is 37.9 cm³/mol. The number of rotatable bonds is 2. The van der Waals surface area contributed by atoms with Gasteiger partial charge in [0.15, 0.2) is 6.54 Å². The number of nitrogens with zero attached hydrogens (tertiary/aromatic N) is 2. The van der Waals surface area contributed by atoms with Crippen LogP contribution in [0.15, 0.2) is 18.7 Å². The van der Waals surface area contributed by atoms with Crippen molar-refractivity contribution in [3.05, 3.63) is 18.7 Å². The van der Waals surface area contributed by atoms with Crippen molar-refractivity contribution in [3.63, 3.8) is 0 Å². The minimum absolute atomic E-state index is 0.207. The number of aryl methyl sites for hydroxylation is 1. The van der Waals surface area contributed by atoms with E-state index < -0.39 is 0 Å². The van der Waals surface area contributed by atoms with E-state index >= 15 is 0 Å². The maximum Gasteiger partial charge on any atom is 0.276 e. The molecule has 0 saturated heterocycles. The SMILES string of the molecule is C[n+]1ccn(CC(=O)NN)c1. The van der Waals surface area contributed by atoms with Gasteiger partial charge in [-0.25, -0.2) is 15.0 Å². The fourth-order valence-corrected chi connectivity index (χ4v) is 0.807. The minimum Gasteiger partial charge on any atom is -0.291 e. The molecule has 1 aromatic heterocycles. The first-order chi connectivity index (χ1) is 5.22. The number of imidazole rings is 1. The minimum atomic E-state index is -0.207. The average molecular weight is 155 g/mol. The molecule has 3 N–H and O–H groups in total. The molecular weight excluding hydrogens is 144 g/mol. The van der Waals surface area contributed by atoms with Crippen LogP contribution in [0.3, 0.4) is 0 Å². The first-order valence-electron chi connectivity index (χ1n) is 3.23. The van der Waals surface area contributed by atoms with Crippen molar-refractivity contribution in [2.24, 2.45) is 12.9 Å². The molecule has 0 spiro atoms. The van der Waals surface area contributed by atoms with Crippen molar-refractivity contribution in [1.82, 2.24) is 9.99 Å². The Hall–Kier alpha value is -1.36. The van der Waals surface area contributed by atoms with Gasteiger partial charge in [0.25, 0.3) is 5.91 Å². The van der Waals surface area contributed by atoms with Gasteiger partial charge < -0.3 is 0 Å². The third-order valence-corrected chi connectivity index (χ3v) is 1.31. The Kier molecular flexibility index (Phi) is 2.22. The third kappa shape index (κ3) is 2.05. The molecule has 1 heterocycles. The highest BCUT2D eigenvalue weighted by atomic mass is 16.2. The van der Waals surface area contributed by atoms with E-state index in [2.05, 4.69) is 5.43 Å². The molecule has 1 rings (SSSR count). The van der Waals surface area contributed by atoms with Crippen LogP contribution in [0.25, 0.3) is 0 Å². The fraction of sp³-hybridized carbons (Fsp3) is 0.333. The van der Waals surface area contributed by atoms with Crippen LogP contribution in [-0.2, 0) is 18.4 Å². The molecule has 0 aliphatic heterocycles. The second-order valence-corrected chi connectivity index (χ2v) is 2.32. The Morgan fingerprint density at radius 1 is 1.82 bits per heavy atom. The average Bonchev–Trinajstić information content (AvgIpc) is 2.35. The quantitative estimate of drug-likeness (QED) is 0.231. The van der Waals surface area contributed by atoms with Gasteiger partial charge in [0.2, 0.25) is 6.33 Å². The number of hydrazine groups is 1. The Bertz CT molecular complexity index is 255. The summed E-state index contributed by atoms with van der Waals surface area (Å²) in [5.74, 6) is 4.70. The van der Waals surface area contributed by atoms with Crippen LogP contribution in [0.4, 0.5) is 0 Å². The summed E-state index contributed by atoms with van der Waals surface area (Å²) >= 11 is 0. The second kappa shape index (κ2) is 3.16. The molecule has 0 radical (unpaired) electrons. The molecule has 0 aromatic carbocycles. The highest BCUT2D eigenvalue weighted by Crippen LogP contribution is 1.81. The van der Waals surface area contributed by atoms with E-state index in [0.29, 0.717) is 0 Å². The molecule has 11 heavy (non-hydrogen) atoms. The maximum atomic E-state index is 10.7. The molecule has 60 valence electrons. The highest BCUT2D eigenvalue weighted by Gasteiger charge is 2.04. The Balaban J connectivity index is 2.57. The van der Waals surface area contributed by atoms with Gasteiger partial charge in [-0.05, 0) is 0 Å². The highest BCUT2D eigenvalue weighted by molar-refractivity contribution is 5.74. The van der Waals surface area contributed by atoms with Gasteiger partial charge in [-0.1, -0.05) is 0 Å². The van der Waals surface area contributed by atoms with Gasteiger partial charge >= 0.3 is 0 Å². The van der Waals surface area contributed by atoms with Crippen LogP contribution >= 0.6 is 0 Å². The Labute approximate surface area is 64.4 Å². The molecule has 5 nitrogen and oxygen atoms in total. The summed E-state index contributed by atoms with van der Waals surface area (Å²) in [5.41, 5.74) is 2.05. The van der Waals surface area contributed by atoms with Crippen molar-refractivity contribution >= 4 is 5.91 Å². The first-order valence-corrected chi connectivity index (χ1v) is 3.23. The summed E-state index contributed by atoms with van der Waals surface area (Å²) in [5, 5.41) is 0. The lowest BCUT2D eigenvalue weighted by molar-refractivity contribution is -0.671.